The van der Waals surface area contributed by atoms with Crippen LogP contribution in [0.25, 0.3) is 10.9 Å². The van der Waals surface area contributed by atoms with Crippen molar-refractivity contribution < 1.29 is 4.79 Å². The third-order valence-corrected chi connectivity index (χ3v) is 5.15. The first-order valence-corrected chi connectivity index (χ1v) is 8.66. The lowest BCUT2D eigenvalue weighted by Gasteiger charge is -2.11. The first-order valence-electron chi connectivity index (χ1n) is 7.84. The van der Waals surface area contributed by atoms with Crippen LogP contribution in [0.15, 0.2) is 36.7 Å². The summed E-state index contributed by atoms with van der Waals surface area (Å²) in [7, 11) is 0. The molecule has 0 spiro atoms. The summed E-state index contributed by atoms with van der Waals surface area (Å²) in [5.74, 6) is -0.0973. The van der Waals surface area contributed by atoms with Gasteiger partial charge in [0, 0.05) is 17.1 Å². The number of aromatic amines is 1. The van der Waals surface area contributed by atoms with Gasteiger partial charge in [-0.05, 0) is 32.0 Å². The maximum absolute atomic E-state index is 12.4. The van der Waals surface area contributed by atoms with Gasteiger partial charge >= 0.3 is 0 Å². The van der Waals surface area contributed by atoms with E-state index in [2.05, 4.69) is 20.2 Å². The average molecular weight is 326 g/mol. The lowest BCUT2D eigenvalue weighted by atomic mass is 10.2. The molecular weight excluding hydrogens is 308 g/mol. The monoisotopic (exact) mass is 326 g/mol. The van der Waals surface area contributed by atoms with Gasteiger partial charge in [-0.25, -0.2) is 4.98 Å². The molecule has 1 aromatic carbocycles. The van der Waals surface area contributed by atoms with Crippen molar-refractivity contribution in [2.24, 2.45) is 0 Å². The first-order chi connectivity index (χ1) is 11.3. The van der Waals surface area contributed by atoms with Crippen LogP contribution in [0.5, 0.6) is 0 Å². The number of fused-ring (bicyclic) bond motifs is 1. The van der Waals surface area contributed by atoms with Gasteiger partial charge in [-0.2, -0.15) is 0 Å². The highest BCUT2D eigenvalue weighted by Gasteiger charge is 2.16. The number of likely N-dealkylation sites (tertiary alicyclic amines) is 1. The zero-order chi connectivity index (χ0) is 15.6. The Morgan fingerprint density at radius 2 is 2.13 bits per heavy atom. The van der Waals surface area contributed by atoms with Crippen molar-refractivity contribution >= 4 is 33.8 Å². The SMILES string of the molecule is O=C(Nc1c[nH]c2ccccc12)c1cnc(CN2CCCC2)s1. The number of aromatic nitrogens is 2. The molecule has 2 aromatic heterocycles. The highest BCUT2D eigenvalue weighted by Crippen LogP contribution is 2.24. The molecule has 118 valence electrons. The fraction of sp³-hybridized carbons (Fsp3) is 0.294. The minimum atomic E-state index is -0.0973. The number of H-pyrrole nitrogens is 1. The number of anilines is 1. The molecule has 6 heteroatoms. The van der Waals surface area contributed by atoms with Crippen molar-refractivity contribution in [1.29, 1.82) is 0 Å². The Balaban J connectivity index is 1.47. The maximum Gasteiger partial charge on any atom is 0.267 e. The van der Waals surface area contributed by atoms with E-state index >= 15 is 0 Å². The van der Waals surface area contributed by atoms with Crippen LogP contribution >= 0.6 is 11.3 Å². The third kappa shape index (κ3) is 3.00. The average Bonchev–Trinajstić information content (AvgIpc) is 3.29. The molecule has 5 nitrogen and oxygen atoms in total. The molecule has 3 heterocycles. The van der Waals surface area contributed by atoms with Crippen molar-refractivity contribution in [3.8, 4) is 0 Å². The minimum absolute atomic E-state index is 0.0973. The summed E-state index contributed by atoms with van der Waals surface area (Å²) >= 11 is 1.48. The van der Waals surface area contributed by atoms with E-state index in [0.717, 1.165) is 41.2 Å². The quantitative estimate of drug-likeness (QED) is 0.772. The second-order valence-corrected chi connectivity index (χ2v) is 6.92. The molecule has 0 aliphatic carbocycles. The van der Waals surface area contributed by atoms with E-state index in [4.69, 9.17) is 0 Å². The number of carbonyl (C=O) groups excluding carboxylic acids is 1. The lowest BCUT2D eigenvalue weighted by Crippen LogP contribution is -2.18. The molecule has 0 bridgehead atoms. The third-order valence-electron chi connectivity index (χ3n) is 4.17. The number of amides is 1. The van der Waals surface area contributed by atoms with Crippen LogP contribution in [-0.2, 0) is 6.54 Å². The standard InChI is InChI=1S/C17H18N4OS/c22-17(20-14-9-18-13-6-2-1-5-12(13)14)15-10-19-16(23-15)11-21-7-3-4-8-21/h1-2,5-6,9-10,18H,3-4,7-8,11H2,(H,20,22). The highest BCUT2D eigenvalue weighted by atomic mass is 32.1. The molecule has 1 aliphatic heterocycles. The lowest BCUT2D eigenvalue weighted by molar-refractivity contribution is 0.103. The van der Waals surface area contributed by atoms with Crippen LogP contribution in [0, 0.1) is 0 Å². The molecule has 23 heavy (non-hydrogen) atoms. The molecule has 1 aliphatic rings. The molecule has 0 unspecified atom stereocenters. The van der Waals surface area contributed by atoms with Gasteiger partial charge in [0.25, 0.3) is 5.91 Å². The molecule has 3 aromatic rings. The fourth-order valence-electron chi connectivity index (χ4n) is 2.98. The largest absolute Gasteiger partial charge is 0.359 e. The summed E-state index contributed by atoms with van der Waals surface area (Å²) in [4.78, 5) is 23.0. The van der Waals surface area contributed by atoms with Crippen molar-refractivity contribution in [2.75, 3.05) is 18.4 Å². The fourth-order valence-corrected chi connectivity index (χ4v) is 3.83. The van der Waals surface area contributed by atoms with Gasteiger partial charge in [-0.1, -0.05) is 18.2 Å². The van der Waals surface area contributed by atoms with E-state index in [-0.39, 0.29) is 5.91 Å². The number of nitrogens with one attached hydrogen (secondary N) is 2. The van der Waals surface area contributed by atoms with Crippen molar-refractivity contribution in [3.63, 3.8) is 0 Å². The highest BCUT2D eigenvalue weighted by molar-refractivity contribution is 7.13. The van der Waals surface area contributed by atoms with E-state index < -0.39 is 0 Å². The smallest absolute Gasteiger partial charge is 0.267 e. The van der Waals surface area contributed by atoms with Gasteiger partial charge < -0.3 is 10.3 Å². The van der Waals surface area contributed by atoms with E-state index in [1.165, 1.54) is 24.2 Å². The number of rotatable bonds is 4. The number of hydrogen-bond acceptors (Lipinski definition) is 4. The second-order valence-electron chi connectivity index (χ2n) is 5.80. The zero-order valence-corrected chi connectivity index (χ0v) is 13.5. The summed E-state index contributed by atoms with van der Waals surface area (Å²) in [5, 5.41) is 5.00. The van der Waals surface area contributed by atoms with Crippen molar-refractivity contribution in [3.05, 3.63) is 46.5 Å². The van der Waals surface area contributed by atoms with Gasteiger partial charge in [0.05, 0.1) is 18.4 Å². The summed E-state index contributed by atoms with van der Waals surface area (Å²) in [6.45, 7) is 3.12. The normalized spacial score (nSPS) is 15.3. The van der Waals surface area contributed by atoms with E-state index in [0.29, 0.717) is 4.88 Å². The van der Waals surface area contributed by atoms with Crippen molar-refractivity contribution in [1.82, 2.24) is 14.9 Å². The molecular formula is C17H18N4OS. The van der Waals surface area contributed by atoms with Crippen LogP contribution in [0.1, 0.15) is 27.5 Å². The van der Waals surface area contributed by atoms with E-state index in [1.807, 2.05) is 30.5 Å². The molecule has 1 saturated heterocycles. The van der Waals surface area contributed by atoms with Gasteiger partial charge in [-0.15, -0.1) is 11.3 Å². The Kier molecular flexibility index (Phi) is 3.85. The zero-order valence-electron chi connectivity index (χ0n) is 12.7. The molecule has 0 atom stereocenters. The Hall–Kier alpha value is -2.18. The summed E-state index contributed by atoms with van der Waals surface area (Å²) in [6, 6.07) is 7.92. The molecule has 0 radical (unpaired) electrons. The number of thiazole rings is 1. The van der Waals surface area contributed by atoms with Crippen molar-refractivity contribution in [2.45, 2.75) is 19.4 Å². The first kappa shape index (κ1) is 14.4. The van der Waals surface area contributed by atoms with Crippen LogP contribution in [0.4, 0.5) is 5.69 Å². The van der Waals surface area contributed by atoms with E-state index in [9.17, 15) is 4.79 Å². The predicted molar refractivity (Wildman–Crippen MR) is 92.9 cm³/mol. The number of benzene rings is 1. The van der Waals surface area contributed by atoms with Crippen LogP contribution < -0.4 is 5.32 Å². The Morgan fingerprint density at radius 1 is 1.30 bits per heavy atom. The number of nitrogens with zero attached hydrogens (tertiary/aromatic N) is 2. The van der Waals surface area contributed by atoms with Crippen LogP contribution in [-0.4, -0.2) is 33.9 Å². The number of hydrogen-bond donors (Lipinski definition) is 2. The summed E-state index contributed by atoms with van der Waals surface area (Å²) in [5.41, 5.74) is 1.82. The molecule has 2 N–H and O–H groups in total. The molecule has 0 saturated carbocycles. The Labute approximate surface area is 138 Å². The summed E-state index contributed by atoms with van der Waals surface area (Å²) < 4.78 is 0. The summed E-state index contributed by atoms with van der Waals surface area (Å²) in [6.07, 6.45) is 6.04. The second kappa shape index (κ2) is 6.14. The van der Waals surface area contributed by atoms with Gasteiger partial charge in [0.1, 0.15) is 9.88 Å². The van der Waals surface area contributed by atoms with Crippen LogP contribution in [0.2, 0.25) is 0 Å². The van der Waals surface area contributed by atoms with Crippen LogP contribution in [0.3, 0.4) is 0 Å². The number of carbonyl (C=O) groups is 1. The Bertz CT molecular complexity index is 832. The predicted octanol–water partition coefficient (Wildman–Crippen LogP) is 3.47. The van der Waals surface area contributed by atoms with Gasteiger partial charge in [0.2, 0.25) is 0 Å². The molecule has 4 rings (SSSR count). The molecule has 1 amide bonds. The minimum Gasteiger partial charge on any atom is -0.359 e. The van der Waals surface area contributed by atoms with Gasteiger partial charge in [-0.3, -0.25) is 9.69 Å². The van der Waals surface area contributed by atoms with Gasteiger partial charge in [0.15, 0.2) is 0 Å². The number of para-hydroxylation sites is 1. The topological polar surface area (TPSA) is 61.0 Å². The molecule has 1 fully saturated rings. The Morgan fingerprint density at radius 3 is 3.00 bits per heavy atom. The van der Waals surface area contributed by atoms with E-state index in [1.54, 1.807) is 6.20 Å². The maximum atomic E-state index is 12.4.